The second kappa shape index (κ2) is 8.31. The number of fused-ring (bicyclic) bond motifs is 1. The van der Waals surface area contributed by atoms with Crippen LogP contribution in [0.1, 0.15) is 16.0 Å². The second-order valence-corrected chi connectivity index (χ2v) is 8.16. The lowest BCUT2D eigenvalue weighted by atomic mass is 10.1. The Labute approximate surface area is 183 Å². The third-order valence-electron chi connectivity index (χ3n) is 4.80. The summed E-state index contributed by atoms with van der Waals surface area (Å²) in [5.41, 5.74) is -0.431. The molecule has 3 aromatic rings. The topological polar surface area (TPSA) is 80.1 Å². The Bertz CT molecular complexity index is 1180. The molecule has 0 spiro atoms. The lowest BCUT2D eigenvalue weighted by molar-refractivity contribution is -0.137. The summed E-state index contributed by atoms with van der Waals surface area (Å²) in [5.74, 6) is -0.260. The first-order valence-electron chi connectivity index (χ1n) is 9.12. The zero-order chi connectivity index (χ0) is 22.2. The van der Waals surface area contributed by atoms with E-state index in [1.807, 2.05) is 11.4 Å². The lowest BCUT2D eigenvalue weighted by Crippen LogP contribution is -2.39. The summed E-state index contributed by atoms with van der Waals surface area (Å²) in [5, 5.41) is 8.47. The van der Waals surface area contributed by atoms with Gasteiger partial charge in [-0.25, -0.2) is 4.98 Å². The Morgan fingerprint density at radius 3 is 2.77 bits per heavy atom. The summed E-state index contributed by atoms with van der Waals surface area (Å²) in [7, 11) is 0. The van der Waals surface area contributed by atoms with Crippen LogP contribution < -0.4 is 10.9 Å². The van der Waals surface area contributed by atoms with Crippen LogP contribution in [0.15, 0.2) is 40.8 Å². The minimum absolute atomic E-state index is 0.0805. The van der Waals surface area contributed by atoms with Crippen LogP contribution in [-0.4, -0.2) is 38.7 Å². The minimum Gasteiger partial charge on any atom is -0.373 e. The molecule has 1 aliphatic heterocycles. The van der Waals surface area contributed by atoms with Crippen LogP contribution in [0.5, 0.6) is 0 Å². The fourth-order valence-electron chi connectivity index (χ4n) is 3.14. The molecule has 162 valence electrons. The number of anilines is 1. The van der Waals surface area contributed by atoms with Crippen molar-refractivity contribution in [3.63, 3.8) is 0 Å². The van der Waals surface area contributed by atoms with E-state index in [0.717, 1.165) is 28.8 Å². The monoisotopic (exact) mass is 469 g/mol. The van der Waals surface area contributed by atoms with Gasteiger partial charge in [-0.05, 0) is 35.6 Å². The highest BCUT2D eigenvalue weighted by molar-refractivity contribution is 7.10. The highest BCUT2D eigenvalue weighted by Crippen LogP contribution is 2.28. The molecule has 1 aliphatic rings. The van der Waals surface area contributed by atoms with Crippen LogP contribution >= 0.6 is 22.9 Å². The van der Waals surface area contributed by atoms with E-state index < -0.39 is 17.3 Å². The number of carbonyl (C=O) groups excluding carboxylic acids is 1. The molecule has 12 heteroatoms. The molecular formula is C19H15ClF3N5O2S. The number of carbonyl (C=O) groups is 1. The number of halogens is 4. The number of thiophene rings is 1. The van der Waals surface area contributed by atoms with Crippen molar-refractivity contribution in [2.45, 2.75) is 19.1 Å². The first-order chi connectivity index (χ1) is 14.7. The number of nitrogens with zero attached hydrogens (tertiary/aromatic N) is 4. The molecule has 4 rings (SSSR count). The van der Waals surface area contributed by atoms with Gasteiger partial charge in [0.25, 0.3) is 5.56 Å². The molecule has 3 aromatic heterocycles. The van der Waals surface area contributed by atoms with Crippen LogP contribution in [0.2, 0.25) is 5.02 Å². The van der Waals surface area contributed by atoms with E-state index in [-0.39, 0.29) is 29.0 Å². The Hall–Kier alpha value is -2.92. The van der Waals surface area contributed by atoms with Crippen LogP contribution in [-0.2, 0) is 23.9 Å². The quantitative estimate of drug-likeness (QED) is 0.634. The van der Waals surface area contributed by atoms with E-state index in [4.69, 9.17) is 11.6 Å². The van der Waals surface area contributed by atoms with Crippen molar-refractivity contribution >= 4 is 34.5 Å². The van der Waals surface area contributed by atoms with Gasteiger partial charge in [-0.15, -0.1) is 11.3 Å². The molecule has 0 saturated carbocycles. The molecule has 0 saturated heterocycles. The number of amides is 1. The fraction of sp³-hybridized carbons (Fsp3) is 0.263. The Kier molecular flexibility index (Phi) is 5.71. The number of rotatable bonds is 4. The summed E-state index contributed by atoms with van der Waals surface area (Å²) >= 11 is 7.78. The van der Waals surface area contributed by atoms with Gasteiger partial charge in [0.2, 0.25) is 5.91 Å². The minimum atomic E-state index is -4.54. The van der Waals surface area contributed by atoms with Crippen molar-refractivity contribution in [2.75, 3.05) is 18.4 Å². The molecule has 0 bridgehead atoms. The predicted molar refractivity (Wildman–Crippen MR) is 110 cm³/mol. The van der Waals surface area contributed by atoms with Gasteiger partial charge in [0.05, 0.1) is 24.0 Å². The zero-order valence-electron chi connectivity index (χ0n) is 15.8. The standard InChI is InChI=1S/C19H15ClF3N5O2S/c20-17-13(24-9-16(29)27-5-3-14-11(10-27)4-6-31-14)8-26-28(18(17)30)15-2-1-12(7-25-15)19(21,22)23/h1-2,4,6-8,24H,3,5,9-10H2. The molecule has 0 aromatic carbocycles. The van der Waals surface area contributed by atoms with Crippen LogP contribution in [0.3, 0.4) is 0 Å². The van der Waals surface area contributed by atoms with Crippen molar-refractivity contribution in [2.24, 2.45) is 0 Å². The van der Waals surface area contributed by atoms with Gasteiger partial charge in [0.15, 0.2) is 5.82 Å². The second-order valence-electron chi connectivity index (χ2n) is 6.78. The highest BCUT2D eigenvalue weighted by atomic mass is 35.5. The summed E-state index contributed by atoms with van der Waals surface area (Å²) in [6, 6.07) is 3.83. The average Bonchev–Trinajstić information content (AvgIpc) is 3.22. The van der Waals surface area contributed by atoms with Crippen LogP contribution in [0.4, 0.5) is 18.9 Å². The molecule has 4 heterocycles. The number of hydrogen-bond donors (Lipinski definition) is 1. The molecule has 1 N–H and O–H groups in total. The van der Waals surface area contributed by atoms with E-state index in [2.05, 4.69) is 15.4 Å². The van der Waals surface area contributed by atoms with Crippen molar-refractivity contribution in [3.8, 4) is 5.82 Å². The maximum atomic E-state index is 12.7. The summed E-state index contributed by atoms with van der Waals surface area (Å²) in [6.45, 7) is 1.07. The normalized spacial score (nSPS) is 13.7. The van der Waals surface area contributed by atoms with Gasteiger partial charge in [0.1, 0.15) is 5.02 Å². The lowest BCUT2D eigenvalue weighted by Gasteiger charge is -2.27. The van der Waals surface area contributed by atoms with E-state index in [1.54, 1.807) is 16.2 Å². The Balaban J connectivity index is 1.45. The highest BCUT2D eigenvalue weighted by Gasteiger charge is 2.31. The molecule has 31 heavy (non-hydrogen) atoms. The maximum Gasteiger partial charge on any atom is 0.417 e. The van der Waals surface area contributed by atoms with Crippen LogP contribution in [0, 0.1) is 0 Å². The van der Waals surface area contributed by atoms with Gasteiger partial charge in [-0.3, -0.25) is 9.59 Å². The van der Waals surface area contributed by atoms with E-state index >= 15 is 0 Å². The van der Waals surface area contributed by atoms with Gasteiger partial charge in [0, 0.05) is 24.2 Å². The van der Waals surface area contributed by atoms with Gasteiger partial charge >= 0.3 is 6.18 Å². The summed E-state index contributed by atoms with van der Waals surface area (Å²) in [6.07, 6.45) is -1.90. The Morgan fingerprint density at radius 2 is 2.06 bits per heavy atom. The first-order valence-corrected chi connectivity index (χ1v) is 10.4. The van der Waals surface area contributed by atoms with Crippen LogP contribution in [0.25, 0.3) is 5.82 Å². The number of hydrogen-bond acceptors (Lipinski definition) is 6. The molecule has 7 nitrogen and oxygen atoms in total. The molecule has 0 aliphatic carbocycles. The predicted octanol–water partition coefficient (Wildman–Crippen LogP) is 3.36. The average molecular weight is 470 g/mol. The van der Waals surface area contributed by atoms with Crippen molar-refractivity contribution in [3.05, 3.63) is 67.4 Å². The largest absolute Gasteiger partial charge is 0.417 e. The number of alkyl halides is 3. The molecule has 0 unspecified atom stereocenters. The third kappa shape index (κ3) is 4.42. The van der Waals surface area contributed by atoms with Gasteiger partial charge in [-0.1, -0.05) is 11.6 Å². The van der Waals surface area contributed by atoms with E-state index in [0.29, 0.717) is 19.3 Å². The summed E-state index contributed by atoms with van der Waals surface area (Å²) < 4.78 is 38.8. The molecule has 0 atom stereocenters. The SMILES string of the molecule is O=C(CNc1cnn(-c2ccc(C(F)(F)F)cn2)c(=O)c1Cl)N1CCc2sccc2C1. The van der Waals surface area contributed by atoms with Gasteiger partial charge < -0.3 is 10.2 Å². The number of pyridine rings is 1. The van der Waals surface area contributed by atoms with E-state index in [9.17, 15) is 22.8 Å². The van der Waals surface area contributed by atoms with Crippen molar-refractivity contribution < 1.29 is 18.0 Å². The Morgan fingerprint density at radius 1 is 1.26 bits per heavy atom. The number of nitrogens with one attached hydrogen (secondary N) is 1. The summed E-state index contributed by atoms with van der Waals surface area (Å²) in [4.78, 5) is 31.7. The van der Waals surface area contributed by atoms with E-state index in [1.165, 1.54) is 11.1 Å². The first kappa shape index (κ1) is 21.3. The van der Waals surface area contributed by atoms with Gasteiger partial charge in [-0.2, -0.15) is 23.0 Å². The smallest absolute Gasteiger partial charge is 0.373 e. The van der Waals surface area contributed by atoms with Crippen molar-refractivity contribution in [1.82, 2.24) is 19.7 Å². The molecule has 0 radical (unpaired) electrons. The fourth-order valence-corrected chi connectivity index (χ4v) is 4.23. The molecule has 0 fully saturated rings. The molecule has 1 amide bonds. The maximum absolute atomic E-state index is 12.7. The van der Waals surface area contributed by atoms with Crippen molar-refractivity contribution in [1.29, 1.82) is 0 Å². The zero-order valence-corrected chi connectivity index (χ0v) is 17.4. The molecular weight excluding hydrogens is 455 g/mol. The number of aromatic nitrogens is 3. The third-order valence-corrected chi connectivity index (χ3v) is 6.19.